The largest absolute Gasteiger partial charge is 0.490 e. The molecule has 0 aliphatic rings. The van der Waals surface area contributed by atoms with Crippen LogP contribution in [0.4, 0.5) is 0 Å². The lowest BCUT2D eigenvalue weighted by Crippen LogP contribution is -2.31. The minimum Gasteiger partial charge on any atom is -0.490 e. The maximum Gasteiger partial charge on any atom is 0.161 e. The quantitative estimate of drug-likeness (QED) is 0.771. The maximum absolute atomic E-state index is 5.74. The van der Waals surface area contributed by atoms with Crippen molar-refractivity contribution >= 4 is 17.2 Å². The van der Waals surface area contributed by atoms with Crippen molar-refractivity contribution in [2.24, 2.45) is 11.1 Å². The molecule has 0 aliphatic carbocycles. The smallest absolute Gasteiger partial charge is 0.161 e. The highest BCUT2D eigenvalue weighted by Gasteiger charge is 2.21. The van der Waals surface area contributed by atoms with Crippen molar-refractivity contribution in [2.75, 3.05) is 13.2 Å². The van der Waals surface area contributed by atoms with Gasteiger partial charge in [0.15, 0.2) is 11.5 Å². The normalized spacial score (nSPS) is 11.1. The van der Waals surface area contributed by atoms with Gasteiger partial charge in [0.05, 0.1) is 18.2 Å². The van der Waals surface area contributed by atoms with E-state index in [2.05, 4.69) is 0 Å². The van der Waals surface area contributed by atoms with Crippen LogP contribution in [0.5, 0.6) is 11.5 Å². The first-order valence-corrected chi connectivity index (χ1v) is 6.52. The van der Waals surface area contributed by atoms with Crippen molar-refractivity contribution in [2.45, 2.75) is 27.2 Å². The Morgan fingerprint density at radius 1 is 1.22 bits per heavy atom. The van der Waals surface area contributed by atoms with E-state index in [-0.39, 0.29) is 5.41 Å². The average Bonchev–Trinajstić information content (AvgIpc) is 2.31. The number of rotatable bonds is 7. The highest BCUT2D eigenvalue weighted by molar-refractivity contribution is 7.80. The molecule has 0 bridgehead atoms. The molecule has 0 aromatic heterocycles. The van der Waals surface area contributed by atoms with E-state index in [0.29, 0.717) is 18.2 Å². The lowest BCUT2D eigenvalue weighted by Gasteiger charge is -2.23. The van der Waals surface area contributed by atoms with Gasteiger partial charge in [-0.05, 0) is 25.5 Å². The van der Waals surface area contributed by atoms with Crippen molar-refractivity contribution in [3.05, 3.63) is 24.3 Å². The molecule has 0 spiro atoms. The molecule has 0 heterocycles. The van der Waals surface area contributed by atoms with E-state index in [1.165, 1.54) is 0 Å². The molecule has 0 radical (unpaired) electrons. The van der Waals surface area contributed by atoms with Crippen LogP contribution in [0.25, 0.3) is 0 Å². The molecule has 18 heavy (non-hydrogen) atoms. The zero-order chi connectivity index (χ0) is 13.6. The highest BCUT2D eigenvalue weighted by atomic mass is 32.1. The molecular weight excluding hydrogens is 246 g/mol. The molecule has 1 aromatic rings. The molecule has 0 fully saturated rings. The SMILES string of the molecule is CCOc1ccccc1OCCC(C)(C)C(N)=S. The van der Waals surface area contributed by atoms with Crippen LogP contribution < -0.4 is 15.2 Å². The van der Waals surface area contributed by atoms with Gasteiger partial charge in [-0.2, -0.15) is 0 Å². The standard InChI is InChI=1S/C14H21NO2S/c1-4-16-11-7-5-6-8-12(11)17-10-9-14(2,3)13(15)18/h5-8H,4,9-10H2,1-3H3,(H2,15,18). The minimum atomic E-state index is -0.185. The summed E-state index contributed by atoms with van der Waals surface area (Å²) in [6.07, 6.45) is 0.781. The van der Waals surface area contributed by atoms with Gasteiger partial charge in [0.1, 0.15) is 0 Å². The summed E-state index contributed by atoms with van der Waals surface area (Å²) in [5, 5.41) is 0. The number of thiocarbonyl (C=S) groups is 1. The van der Waals surface area contributed by atoms with Gasteiger partial charge in [-0.25, -0.2) is 0 Å². The number of para-hydroxylation sites is 2. The molecule has 0 aliphatic heterocycles. The molecule has 1 aromatic carbocycles. The van der Waals surface area contributed by atoms with E-state index in [1.807, 2.05) is 45.0 Å². The lowest BCUT2D eigenvalue weighted by atomic mass is 9.90. The summed E-state index contributed by atoms with van der Waals surface area (Å²) in [6.45, 7) is 7.18. The van der Waals surface area contributed by atoms with Gasteiger partial charge < -0.3 is 15.2 Å². The molecule has 0 amide bonds. The lowest BCUT2D eigenvalue weighted by molar-refractivity contribution is 0.249. The van der Waals surface area contributed by atoms with E-state index in [4.69, 9.17) is 27.4 Å². The van der Waals surface area contributed by atoms with Crippen LogP contribution in [0.15, 0.2) is 24.3 Å². The van der Waals surface area contributed by atoms with Crippen molar-refractivity contribution in [3.63, 3.8) is 0 Å². The Hall–Kier alpha value is -1.29. The summed E-state index contributed by atoms with van der Waals surface area (Å²) < 4.78 is 11.2. The van der Waals surface area contributed by atoms with Gasteiger partial charge in [0.25, 0.3) is 0 Å². The number of benzene rings is 1. The summed E-state index contributed by atoms with van der Waals surface area (Å²) in [4.78, 5) is 0.518. The predicted octanol–water partition coefficient (Wildman–Crippen LogP) is 3.17. The first kappa shape index (κ1) is 14.8. The fraction of sp³-hybridized carbons (Fsp3) is 0.500. The van der Waals surface area contributed by atoms with E-state index in [9.17, 15) is 0 Å². The molecule has 0 saturated heterocycles. The van der Waals surface area contributed by atoms with E-state index < -0.39 is 0 Å². The fourth-order valence-corrected chi connectivity index (χ4v) is 1.49. The van der Waals surface area contributed by atoms with Crippen LogP contribution in [-0.2, 0) is 0 Å². The second kappa shape index (κ2) is 6.59. The molecule has 4 heteroatoms. The molecule has 0 atom stereocenters. The van der Waals surface area contributed by atoms with E-state index in [1.54, 1.807) is 0 Å². The number of hydrogen-bond donors (Lipinski definition) is 1. The molecule has 2 N–H and O–H groups in total. The molecule has 3 nitrogen and oxygen atoms in total. The Labute approximate surface area is 114 Å². The van der Waals surface area contributed by atoms with E-state index in [0.717, 1.165) is 17.9 Å². The van der Waals surface area contributed by atoms with Gasteiger partial charge in [-0.1, -0.05) is 38.2 Å². The number of hydrogen-bond acceptors (Lipinski definition) is 3. The van der Waals surface area contributed by atoms with Crippen molar-refractivity contribution in [1.29, 1.82) is 0 Å². The molecule has 0 unspecified atom stereocenters. The molecular formula is C14H21NO2S. The Morgan fingerprint density at radius 3 is 2.28 bits per heavy atom. The third-order valence-electron chi connectivity index (χ3n) is 2.80. The monoisotopic (exact) mass is 267 g/mol. The Kier molecular flexibility index (Phi) is 5.41. The second-order valence-corrected chi connectivity index (χ2v) is 5.17. The maximum atomic E-state index is 5.74. The third kappa shape index (κ3) is 4.18. The van der Waals surface area contributed by atoms with Crippen molar-refractivity contribution in [3.8, 4) is 11.5 Å². The summed E-state index contributed by atoms with van der Waals surface area (Å²) in [7, 11) is 0. The van der Waals surface area contributed by atoms with Crippen LogP contribution >= 0.6 is 12.2 Å². The summed E-state index contributed by atoms with van der Waals surface area (Å²) in [5.74, 6) is 1.53. The summed E-state index contributed by atoms with van der Waals surface area (Å²) in [5.41, 5.74) is 5.49. The topological polar surface area (TPSA) is 44.5 Å². The van der Waals surface area contributed by atoms with Crippen LogP contribution in [0.3, 0.4) is 0 Å². The van der Waals surface area contributed by atoms with Gasteiger partial charge in [-0.15, -0.1) is 0 Å². The van der Waals surface area contributed by atoms with Crippen molar-refractivity contribution in [1.82, 2.24) is 0 Å². The predicted molar refractivity (Wildman–Crippen MR) is 78.3 cm³/mol. The molecule has 100 valence electrons. The van der Waals surface area contributed by atoms with Gasteiger partial charge in [0.2, 0.25) is 0 Å². The minimum absolute atomic E-state index is 0.185. The first-order valence-electron chi connectivity index (χ1n) is 6.12. The Morgan fingerprint density at radius 2 is 1.78 bits per heavy atom. The highest BCUT2D eigenvalue weighted by Crippen LogP contribution is 2.28. The van der Waals surface area contributed by atoms with Crippen LogP contribution in [0.1, 0.15) is 27.2 Å². The molecule has 1 rings (SSSR count). The van der Waals surface area contributed by atoms with Crippen LogP contribution in [0, 0.1) is 5.41 Å². The van der Waals surface area contributed by atoms with Gasteiger partial charge in [-0.3, -0.25) is 0 Å². The Balaban J connectivity index is 2.56. The summed E-state index contributed by atoms with van der Waals surface area (Å²) in [6, 6.07) is 7.66. The zero-order valence-electron chi connectivity index (χ0n) is 11.2. The second-order valence-electron chi connectivity index (χ2n) is 4.73. The number of nitrogens with two attached hydrogens (primary N) is 1. The van der Waals surface area contributed by atoms with Crippen LogP contribution in [-0.4, -0.2) is 18.2 Å². The van der Waals surface area contributed by atoms with Gasteiger partial charge >= 0.3 is 0 Å². The number of ether oxygens (including phenoxy) is 2. The van der Waals surface area contributed by atoms with Crippen LogP contribution in [0.2, 0.25) is 0 Å². The van der Waals surface area contributed by atoms with Crippen molar-refractivity contribution < 1.29 is 9.47 Å². The average molecular weight is 267 g/mol. The van der Waals surface area contributed by atoms with E-state index >= 15 is 0 Å². The molecule has 0 saturated carbocycles. The first-order chi connectivity index (χ1) is 8.47. The van der Waals surface area contributed by atoms with Gasteiger partial charge in [0, 0.05) is 5.41 Å². The fourth-order valence-electron chi connectivity index (χ4n) is 1.38. The Bertz CT molecular complexity index is 405. The summed E-state index contributed by atoms with van der Waals surface area (Å²) >= 11 is 5.03. The zero-order valence-corrected chi connectivity index (χ0v) is 12.0. The third-order valence-corrected chi connectivity index (χ3v) is 3.35.